The number of rotatable bonds is 13. The van der Waals surface area contributed by atoms with Crippen LogP contribution in [0.2, 0.25) is 0 Å². The third-order valence-electron chi connectivity index (χ3n) is 4.56. The molecule has 1 atom stereocenters. The van der Waals surface area contributed by atoms with E-state index in [0.717, 1.165) is 64.6 Å². The molecule has 0 saturated carbocycles. The maximum atomic E-state index is 5.71. The van der Waals surface area contributed by atoms with Gasteiger partial charge in [-0.05, 0) is 43.7 Å². The fourth-order valence-corrected chi connectivity index (χ4v) is 3.06. The fourth-order valence-electron chi connectivity index (χ4n) is 3.06. The third-order valence-corrected chi connectivity index (χ3v) is 4.56. The van der Waals surface area contributed by atoms with Crippen LogP contribution in [0.4, 0.5) is 0 Å². The smallest absolute Gasteiger partial charge is 0.191 e. The summed E-state index contributed by atoms with van der Waals surface area (Å²) < 4.78 is 17.0. The quantitative estimate of drug-likeness (QED) is 0.179. The maximum absolute atomic E-state index is 5.71. The van der Waals surface area contributed by atoms with Gasteiger partial charge in [-0.3, -0.25) is 0 Å². The molecule has 0 amide bonds. The molecule has 166 valence electrons. The van der Waals surface area contributed by atoms with E-state index >= 15 is 0 Å². The molecular formula is C22H38IN3O3. The zero-order valence-corrected chi connectivity index (χ0v) is 20.3. The van der Waals surface area contributed by atoms with E-state index in [2.05, 4.69) is 48.7 Å². The summed E-state index contributed by atoms with van der Waals surface area (Å²) in [6, 6.07) is 8.35. The van der Waals surface area contributed by atoms with Gasteiger partial charge in [0.2, 0.25) is 0 Å². The number of aliphatic imine (C=N–C) groups is 1. The Balaban J connectivity index is 0.00000420. The molecule has 1 fully saturated rings. The first kappa shape index (κ1) is 26.1. The van der Waals surface area contributed by atoms with E-state index in [9.17, 15) is 0 Å². The van der Waals surface area contributed by atoms with Crippen LogP contribution < -0.4 is 10.6 Å². The number of hydrogen-bond donors (Lipinski definition) is 2. The summed E-state index contributed by atoms with van der Waals surface area (Å²) in [6.07, 6.45) is 4.56. The summed E-state index contributed by atoms with van der Waals surface area (Å²) in [4.78, 5) is 4.73. The van der Waals surface area contributed by atoms with Crippen LogP contribution in [0.3, 0.4) is 0 Å². The SMILES string of the molecule is CCCOCc1ccccc1CN=C(NCC)NCCCOCC1CCCO1.I. The van der Waals surface area contributed by atoms with E-state index in [0.29, 0.717) is 25.9 Å². The molecule has 0 spiro atoms. The molecule has 0 aromatic heterocycles. The number of ether oxygens (including phenoxy) is 3. The summed E-state index contributed by atoms with van der Waals surface area (Å²) in [7, 11) is 0. The van der Waals surface area contributed by atoms with Crippen LogP contribution >= 0.6 is 24.0 Å². The Morgan fingerprint density at radius 1 is 1.14 bits per heavy atom. The van der Waals surface area contributed by atoms with E-state index in [1.54, 1.807) is 0 Å². The molecule has 7 heteroatoms. The van der Waals surface area contributed by atoms with Crippen molar-refractivity contribution in [3.63, 3.8) is 0 Å². The van der Waals surface area contributed by atoms with Crippen LogP contribution in [0.25, 0.3) is 0 Å². The lowest BCUT2D eigenvalue weighted by atomic mass is 10.1. The molecule has 1 aromatic rings. The average Bonchev–Trinajstić information content (AvgIpc) is 3.23. The number of halogens is 1. The molecular weight excluding hydrogens is 481 g/mol. The van der Waals surface area contributed by atoms with Gasteiger partial charge in [-0.1, -0.05) is 31.2 Å². The zero-order valence-electron chi connectivity index (χ0n) is 18.0. The van der Waals surface area contributed by atoms with Crippen LogP contribution in [0.5, 0.6) is 0 Å². The Hall–Kier alpha value is -0.900. The highest BCUT2D eigenvalue weighted by atomic mass is 127. The molecule has 1 heterocycles. The first-order valence-electron chi connectivity index (χ1n) is 10.7. The van der Waals surface area contributed by atoms with Gasteiger partial charge in [0.15, 0.2) is 5.96 Å². The lowest BCUT2D eigenvalue weighted by Gasteiger charge is -2.13. The van der Waals surface area contributed by atoms with Crippen molar-refractivity contribution >= 4 is 29.9 Å². The second kappa shape index (κ2) is 16.8. The summed E-state index contributed by atoms with van der Waals surface area (Å²) in [5.74, 6) is 0.839. The van der Waals surface area contributed by atoms with Gasteiger partial charge >= 0.3 is 0 Å². The number of benzene rings is 1. The largest absolute Gasteiger partial charge is 0.379 e. The summed E-state index contributed by atoms with van der Waals surface area (Å²) in [5, 5.41) is 6.69. The fraction of sp³-hybridized carbons (Fsp3) is 0.682. The molecule has 6 nitrogen and oxygen atoms in total. The predicted octanol–water partition coefficient (Wildman–Crippen LogP) is 3.87. The van der Waals surface area contributed by atoms with Crippen LogP contribution in [0.1, 0.15) is 50.7 Å². The van der Waals surface area contributed by atoms with Gasteiger partial charge in [-0.25, -0.2) is 4.99 Å². The summed E-state index contributed by atoms with van der Waals surface area (Å²) >= 11 is 0. The Labute approximate surface area is 193 Å². The molecule has 0 bridgehead atoms. The molecule has 1 aromatic carbocycles. The van der Waals surface area contributed by atoms with Crippen molar-refractivity contribution in [2.75, 3.05) is 39.5 Å². The van der Waals surface area contributed by atoms with Crippen LogP contribution in [-0.4, -0.2) is 51.6 Å². The number of nitrogens with one attached hydrogen (secondary N) is 2. The van der Waals surface area contributed by atoms with Crippen molar-refractivity contribution in [1.29, 1.82) is 0 Å². The zero-order chi connectivity index (χ0) is 19.9. The highest BCUT2D eigenvalue weighted by molar-refractivity contribution is 14.0. The van der Waals surface area contributed by atoms with Gasteiger partial charge < -0.3 is 24.8 Å². The topological polar surface area (TPSA) is 64.1 Å². The lowest BCUT2D eigenvalue weighted by Crippen LogP contribution is -2.38. The third kappa shape index (κ3) is 11.2. The van der Waals surface area contributed by atoms with Gasteiger partial charge in [-0.15, -0.1) is 24.0 Å². The monoisotopic (exact) mass is 519 g/mol. The molecule has 0 aliphatic carbocycles. The van der Waals surface area contributed by atoms with Crippen LogP contribution in [0.15, 0.2) is 29.3 Å². The van der Waals surface area contributed by atoms with Crippen molar-refractivity contribution in [1.82, 2.24) is 10.6 Å². The molecule has 0 radical (unpaired) electrons. The second-order valence-electron chi connectivity index (χ2n) is 7.01. The van der Waals surface area contributed by atoms with Gasteiger partial charge in [0, 0.05) is 32.9 Å². The maximum Gasteiger partial charge on any atom is 0.191 e. The Morgan fingerprint density at radius 3 is 2.69 bits per heavy atom. The molecule has 2 rings (SSSR count). The van der Waals surface area contributed by atoms with E-state index in [1.165, 1.54) is 11.1 Å². The molecule has 1 aliphatic heterocycles. The number of guanidine groups is 1. The second-order valence-corrected chi connectivity index (χ2v) is 7.01. The summed E-state index contributed by atoms with van der Waals surface area (Å²) in [6.45, 7) is 10.3. The van der Waals surface area contributed by atoms with E-state index < -0.39 is 0 Å². The molecule has 1 saturated heterocycles. The molecule has 2 N–H and O–H groups in total. The number of nitrogens with zero attached hydrogens (tertiary/aromatic N) is 1. The van der Waals surface area contributed by atoms with Gasteiger partial charge in [0.1, 0.15) is 0 Å². The molecule has 29 heavy (non-hydrogen) atoms. The van der Waals surface area contributed by atoms with Gasteiger partial charge in [-0.2, -0.15) is 0 Å². The normalized spacial score (nSPS) is 16.5. The minimum atomic E-state index is 0. The Kier molecular flexibility index (Phi) is 15.2. The van der Waals surface area contributed by atoms with E-state index in [1.807, 2.05) is 0 Å². The average molecular weight is 519 g/mol. The molecule has 1 unspecified atom stereocenters. The highest BCUT2D eigenvalue weighted by Gasteiger charge is 2.14. The van der Waals surface area contributed by atoms with Crippen molar-refractivity contribution in [3.8, 4) is 0 Å². The van der Waals surface area contributed by atoms with Crippen LogP contribution in [0, 0.1) is 0 Å². The van der Waals surface area contributed by atoms with Crippen molar-refractivity contribution in [2.45, 2.75) is 58.8 Å². The Morgan fingerprint density at radius 2 is 1.97 bits per heavy atom. The highest BCUT2D eigenvalue weighted by Crippen LogP contribution is 2.12. The predicted molar refractivity (Wildman–Crippen MR) is 129 cm³/mol. The van der Waals surface area contributed by atoms with Gasteiger partial charge in [0.25, 0.3) is 0 Å². The molecule has 1 aliphatic rings. The first-order chi connectivity index (χ1) is 13.8. The lowest BCUT2D eigenvalue weighted by molar-refractivity contribution is 0.0168. The van der Waals surface area contributed by atoms with Gasteiger partial charge in [0.05, 0.1) is 25.9 Å². The van der Waals surface area contributed by atoms with Crippen molar-refractivity contribution < 1.29 is 14.2 Å². The van der Waals surface area contributed by atoms with Crippen LogP contribution in [-0.2, 0) is 27.4 Å². The Bertz CT molecular complexity index is 566. The summed E-state index contributed by atoms with van der Waals surface area (Å²) in [5.41, 5.74) is 2.41. The van der Waals surface area contributed by atoms with Crippen molar-refractivity contribution in [3.05, 3.63) is 35.4 Å². The minimum absolute atomic E-state index is 0. The number of hydrogen-bond acceptors (Lipinski definition) is 4. The standard InChI is InChI=1S/C22H37N3O3.HI/c1-3-13-26-17-20-10-6-5-9-19(20)16-25-22(23-4-2)24-12-8-14-27-18-21-11-7-15-28-21;/h5-6,9-10,21H,3-4,7-8,11-18H2,1-2H3,(H2,23,24,25);1H. The first-order valence-corrected chi connectivity index (χ1v) is 10.7. The minimum Gasteiger partial charge on any atom is -0.379 e. The van der Waals surface area contributed by atoms with E-state index in [4.69, 9.17) is 19.2 Å². The van der Waals surface area contributed by atoms with E-state index in [-0.39, 0.29) is 24.0 Å². The van der Waals surface area contributed by atoms with Crippen molar-refractivity contribution in [2.24, 2.45) is 4.99 Å².